The number of rotatable bonds is 3. The summed E-state index contributed by atoms with van der Waals surface area (Å²) in [5.74, 6) is -0.711. The number of hydrogen-bond donors (Lipinski definition) is 0. The molecule has 0 aromatic heterocycles. The molecular formula is C10H8F6O2. The van der Waals surface area contributed by atoms with Gasteiger partial charge in [0.2, 0.25) is 0 Å². The Balaban J connectivity index is 3.21. The van der Waals surface area contributed by atoms with E-state index in [-0.39, 0.29) is 6.07 Å². The fourth-order valence-electron chi connectivity index (χ4n) is 1.18. The van der Waals surface area contributed by atoms with Gasteiger partial charge in [-0.25, -0.2) is 0 Å². The van der Waals surface area contributed by atoms with Crippen LogP contribution < -0.4 is 4.74 Å². The molecule has 1 aromatic carbocycles. The SMILES string of the molecule is COCOc1ccc(C(F)(F)F)cc1C(F)(F)F. The summed E-state index contributed by atoms with van der Waals surface area (Å²) in [5, 5.41) is 0. The Morgan fingerprint density at radius 2 is 1.61 bits per heavy atom. The predicted octanol–water partition coefficient (Wildman–Crippen LogP) is 3.71. The van der Waals surface area contributed by atoms with E-state index in [1.807, 2.05) is 0 Å². The maximum atomic E-state index is 12.6. The van der Waals surface area contributed by atoms with Crippen molar-refractivity contribution >= 4 is 0 Å². The number of halogens is 6. The van der Waals surface area contributed by atoms with Crippen molar-refractivity contribution in [1.29, 1.82) is 0 Å². The zero-order chi connectivity index (χ0) is 14.0. The van der Waals surface area contributed by atoms with E-state index in [4.69, 9.17) is 0 Å². The molecule has 1 aromatic rings. The van der Waals surface area contributed by atoms with Gasteiger partial charge in [0.05, 0.1) is 11.1 Å². The first-order valence-corrected chi connectivity index (χ1v) is 4.56. The fourth-order valence-corrected chi connectivity index (χ4v) is 1.18. The predicted molar refractivity (Wildman–Crippen MR) is 49.0 cm³/mol. The average Bonchev–Trinajstić information content (AvgIpc) is 2.23. The van der Waals surface area contributed by atoms with Crippen LogP contribution in [0.5, 0.6) is 5.75 Å². The molecule has 0 aliphatic carbocycles. The minimum atomic E-state index is -4.94. The van der Waals surface area contributed by atoms with Gasteiger partial charge < -0.3 is 9.47 Å². The van der Waals surface area contributed by atoms with Gasteiger partial charge >= 0.3 is 12.4 Å². The summed E-state index contributed by atoms with van der Waals surface area (Å²) in [7, 11) is 1.18. The number of methoxy groups -OCH3 is 1. The topological polar surface area (TPSA) is 18.5 Å². The van der Waals surface area contributed by atoms with Crippen LogP contribution in [0.25, 0.3) is 0 Å². The lowest BCUT2D eigenvalue weighted by atomic mass is 10.1. The van der Waals surface area contributed by atoms with Crippen molar-refractivity contribution in [1.82, 2.24) is 0 Å². The van der Waals surface area contributed by atoms with Crippen molar-refractivity contribution in [2.45, 2.75) is 12.4 Å². The van der Waals surface area contributed by atoms with Crippen molar-refractivity contribution in [2.75, 3.05) is 13.9 Å². The molecule has 0 aliphatic heterocycles. The van der Waals surface area contributed by atoms with Crippen molar-refractivity contribution in [3.05, 3.63) is 29.3 Å². The monoisotopic (exact) mass is 274 g/mol. The van der Waals surface area contributed by atoms with Gasteiger partial charge in [-0.05, 0) is 18.2 Å². The lowest BCUT2D eigenvalue weighted by Gasteiger charge is -2.15. The largest absolute Gasteiger partial charge is 0.467 e. The zero-order valence-corrected chi connectivity index (χ0v) is 9.02. The third-order valence-corrected chi connectivity index (χ3v) is 1.94. The Morgan fingerprint density at radius 3 is 2.06 bits per heavy atom. The molecule has 0 radical (unpaired) electrons. The first-order chi connectivity index (χ1) is 8.16. The maximum Gasteiger partial charge on any atom is 0.419 e. The quantitative estimate of drug-likeness (QED) is 0.618. The Morgan fingerprint density at radius 1 is 1.00 bits per heavy atom. The van der Waals surface area contributed by atoms with Gasteiger partial charge in [0.25, 0.3) is 0 Å². The summed E-state index contributed by atoms with van der Waals surface area (Å²) in [5.41, 5.74) is -2.88. The van der Waals surface area contributed by atoms with E-state index < -0.39 is 36.0 Å². The number of alkyl halides is 6. The van der Waals surface area contributed by atoms with Crippen molar-refractivity contribution in [2.24, 2.45) is 0 Å². The smallest absolute Gasteiger partial charge is 0.419 e. The summed E-state index contributed by atoms with van der Waals surface area (Å²) >= 11 is 0. The minimum absolute atomic E-state index is 0.00495. The number of hydrogen-bond acceptors (Lipinski definition) is 2. The maximum absolute atomic E-state index is 12.6. The van der Waals surface area contributed by atoms with Crippen LogP contribution in [-0.2, 0) is 17.1 Å². The molecule has 0 unspecified atom stereocenters. The van der Waals surface area contributed by atoms with Crippen LogP contribution in [0.2, 0.25) is 0 Å². The highest BCUT2D eigenvalue weighted by molar-refractivity contribution is 5.40. The van der Waals surface area contributed by atoms with Crippen molar-refractivity contribution in [3.8, 4) is 5.75 Å². The summed E-state index contributed by atoms with van der Waals surface area (Å²) in [4.78, 5) is 0. The molecule has 8 heteroatoms. The summed E-state index contributed by atoms with van der Waals surface area (Å²) in [6, 6.07) is 1.13. The lowest BCUT2D eigenvalue weighted by molar-refractivity contribution is -0.144. The highest BCUT2D eigenvalue weighted by atomic mass is 19.4. The summed E-state index contributed by atoms with van der Waals surface area (Å²) in [6.45, 7) is -0.492. The third kappa shape index (κ3) is 3.52. The first kappa shape index (κ1) is 14.6. The van der Waals surface area contributed by atoms with E-state index in [9.17, 15) is 26.3 Å². The van der Waals surface area contributed by atoms with E-state index in [0.29, 0.717) is 12.1 Å². The molecule has 0 heterocycles. The standard InChI is InChI=1S/C10H8F6O2/c1-17-5-18-8-3-2-6(9(11,12)13)4-7(8)10(14,15)16/h2-4H,5H2,1H3. The van der Waals surface area contributed by atoms with Crippen LogP contribution in [0, 0.1) is 0 Å². The highest BCUT2D eigenvalue weighted by Crippen LogP contribution is 2.40. The van der Waals surface area contributed by atoms with Gasteiger partial charge in [0.1, 0.15) is 5.75 Å². The van der Waals surface area contributed by atoms with Crippen LogP contribution in [0.1, 0.15) is 11.1 Å². The second-order valence-electron chi connectivity index (χ2n) is 3.26. The molecule has 0 saturated carbocycles. The Kier molecular flexibility index (Phi) is 4.10. The molecular weight excluding hydrogens is 266 g/mol. The molecule has 0 aliphatic rings. The van der Waals surface area contributed by atoms with Gasteiger partial charge in [-0.1, -0.05) is 0 Å². The van der Waals surface area contributed by atoms with Crippen LogP contribution in [0.3, 0.4) is 0 Å². The highest BCUT2D eigenvalue weighted by Gasteiger charge is 2.38. The summed E-state index contributed by atoms with van der Waals surface area (Å²) < 4.78 is 83.6. The fraction of sp³-hybridized carbons (Fsp3) is 0.400. The lowest BCUT2D eigenvalue weighted by Crippen LogP contribution is -2.13. The van der Waals surface area contributed by atoms with Crippen LogP contribution >= 0.6 is 0 Å². The van der Waals surface area contributed by atoms with Gasteiger partial charge in [-0.3, -0.25) is 0 Å². The molecule has 0 fully saturated rings. The Labute approximate surface area is 98.1 Å². The Hall–Kier alpha value is -1.44. The molecule has 0 N–H and O–H groups in total. The van der Waals surface area contributed by atoms with Gasteiger partial charge in [-0.15, -0.1) is 0 Å². The molecule has 0 bridgehead atoms. The van der Waals surface area contributed by atoms with E-state index in [0.717, 1.165) is 0 Å². The van der Waals surface area contributed by atoms with Crippen LogP contribution in [0.15, 0.2) is 18.2 Å². The van der Waals surface area contributed by atoms with E-state index in [1.54, 1.807) is 0 Å². The van der Waals surface area contributed by atoms with Gasteiger partial charge in [0.15, 0.2) is 6.79 Å². The molecule has 0 atom stereocenters. The van der Waals surface area contributed by atoms with Crippen molar-refractivity contribution in [3.63, 3.8) is 0 Å². The zero-order valence-electron chi connectivity index (χ0n) is 9.02. The second kappa shape index (κ2) is 5.05. The molecule has 0 amide bonds. The number of benzene rings is 1. The van der Waals surface area contributed by atoms with Crippen LogP contribution in [-0.4, -0.2) is 13.9 Å². The molecule has 0 saturated heterocycles. The normalized spacial score (nSPS) is 12.6. The third-order valence-electron chi connectivity index (χ3n) is 1.94. The van der Waals surface area contributed by atoms with Gasteiger partial charge in [0, 0.05) is 7.11 Å². The van der Waals surface area contributed by atoms with E-state index in [2.05, 4.69) is 9.47 Å². The summed E-state index contributed by atoms with van der Waals surface area (Å²) in [6.07, 6.45) is -9.79. The molecule has 1 rings (SSSR count). The van der Waals surface area contributed by atoms with E-state index >= 15 is 0 Å². The average molecular weight is 274 g/mol. The Bertz CT molecular complexity index is 410. The number of ether oxygens (including phenoxy) is 2. The molecule has 18 heavy (non-hydrogen) atoms. The molecule has 2 nitrogen and oxygen atoms in total. The molecule has 102 valence electrons. The van der Waals surface area contributed by atoms with Gasteiger partial charge in [-0.2, -0.15) is 26.3 Å². The van der Waals surface area contributed by atoms with Crippen molar-refractivity contribution < 1.29 is 35.8 Å². The molecule has 0 spiro atoms. The second-order valence-corrected chi connectivity index (χ2v) is 3.26. The van der Waals surface area contributed by atoms with Crippen LogP contribution in [0.4, 0.5) is 26.3 Å². The minimum Gasteiger partial charge on any atom is -0.467 e. The first-order valence-electron chi connectivity index (χ1n) is 4.56. The van der Waals surface area contributed by atoms with E-state index in [1.165, 1.54) is 7.11 Å².